The third-order valence-corrected chi connectivity index (χ3v) is 5.42. The fraction of sp³-hybridized carbons (Fsp3) is 0.240. The maximum absolute atomic E-state index is 13.0. The zero-order chi connectivity index (χ0) is 22.0. The quantitative estimate of drug-likeness (QED) is 0.635. The predicted octanol–water partition coefficient (Wildman–Crippen LogP) is 4.01. The van der Waals surface area contributed by atoms with Crippen molar-refractivity contribution in [2.24, 2.45) is 11.7 Å². The number of esters is 1. The first-order valence-electron chi connectivity index (χ1n) is 10.2. The molecule has 1 unspecified atom stereocenters. The SMILES string of the molecule is COc1ccc(/C=C2/CC(C)Cc3c2nc2ccccc2c3C(=O)OCC(N)=O)cc1. The molecule has 3 aromatic rings. The minimum atomic E-state index is -0.686. The van der Waals surface area contributed by atoms with Crippen LogP contribution in [0.15, 0.2) is 48.5 Å². The van der Waals surface area contributed by atoms with Gasteiger partial charge in [-0.1, -0.05) is 37.3 Å². The van der Waals surface area contributed by atoms with Crippen molar-refractivity contribution in [3.63, 3.8) is 0 Å². The molecule has 4 rings (SSSR count). The van der Waals surface area contributed by atoms with E-state index in [0.29, 0.717) is 28.8 Å². The van der Waals surface area contributed by atoms with Crippen molar-refractivity contribution >= 4 is 34.4 Å². The number of para-hydroxylation sites is 1. The Hall–Kier alpha value is -3.67. The topological polar surface area (TPSA) is 91.5 Å². The minimum Gasteiger partial charge on any atom is -0.497 e. The van der Waals surface area contributed by atoms with E-state index in [9.17, 15) is 9.59 Å². The molecule has 0 spiro atoms. The summed E-state index contributed by atoms with van der Waals surface area (Å²) in [6.45, 7) is 1.70. The number of benzene rings is 2. The molecule has 1 amide bonds. The number of nitrogens with two attached hydrogens (primary N) is 1. The van der Waals surface area contributed by atoms with Crippen molar-refractivity contribution in [1.29, 1.82) is 0 Å². The maximum atomic E-state index is 13.0. The number of allylic oxidation sites excluding steroid dienone is 1. The largest absolute Gasteiger partial charge is 0.497 e. The number of pyridine rings is 1. The smallest absolute Gasteiger partial charge is 0.339 e. The Kier molecular flexibility index (Phi) is 5.71. The van der Waals surface area contributed by atoms with Gasteiger partial charge in [-0.3, -0.25) is 4.79 Å². The molecule has 0 radical (unpaired) electrons. The normalized spacial score (nSPS) is 16.7. The van der Waals surface area contributed by atoms with Gasteiger partial charge in [0, 0.05) is 5.39 Å². The Morgan fingerprint density at radius 2 is 1.87 bits per heavy atom. The maximum Gasteiger partial charge on any atom is 0.339 e. The van der Waals surface area contributed by atoms with Crippen LogP contribution in [0.4, 0.5) is 0 Å². The first kappa shape index (κ1) is 20.6. The summed E-state index contributed by atoms with van der Waals surface area (Å²) in [6.07, 6.45) is 3.66. The monoisotopic (exact) mass is 416 g/mol. The van der Waals surface area contributed by atoms with Gasteiger partial charge in [-0.05, 0) is 59.7 Å². The number of hydrogen-bond donors (Lipinski definition) is 1. The van der Waals surface area contributed by atoms with Gasteiger partial charge in [0.1, 0.15) is 5.75 Å². The molecule has 0 fully saturated rings. The molecular formula is C25H24N2O4. The summed E-state index contributed by atoms with van der Waals surface area (Å²) in [5, 5.41) is 0.716. The molecule has 158 valence electrons. The first-order valence-corrected chi connectivity index (χ1v) is 10.2. The van der Waals surface area contributed by atoms with Gasteiger partial charge in [-0.2, -0.15) is 0 Å². The molecule has 0 aliphatic heterocycles. The molecule has 1 aliphatic carbocycles. The lowest BCUT2D eigenvalue weighted by Gasteiger charge is -2.26. The van der Waals surface area contributed by atoms with Gasteiger partial charge in [0.05, 0.1) is 23.9 Å². The first-order chi connectivity index (χ1) is 15.0. The van der Waals surface area contributed by atoms with Gasteiger partial charge in [-0.15, -0.1) is 0 Å². The number of hydrogen-bond acceptors (Lipinski definition) is 5. The molecule has 1 atom stereocenters. The van der Waals surface area contributed by atoms with E-state index in [1.807, 2.05) is 48.5 Å². The summed E-state index contributed by atoms with van der Waals surface area (Å²) >= 11 is 0. The fourth-order valence-electron chi connectivity index (χ4n) is 4.08. The Labute approximate surface area is 180 Å². The number of rotatable bonds is 5. The number of primary amides is 1. The molecule has 1 aliphatic rings. The second kappa shape index (κ2) is 8.60. The van der Waals surface area contributed by atoms with Crippen molar-refractivity contribution in [3.8, 4) is 5.75 Å². The van der Waals surface area contributed by atoms with Crippen molar-refractivity contribution in [3.05, 3.63) is 70.9 Å². The molecule has 0 saturated heterocycles. The van der Waals surface area contributed by atoms with Crippen LogP contribution in [0.1, 0.15) is 40.5 Å². The van der Waals surface area contributed by atoms with Gasteiger partial charge < -0.3 is 15.2 Å². The van der Waals surface area contributed by atoms with Crippen LogP contribution in [0.5, 0.6) is 5.75 Å². The van der Waals surface area contributed by atoms with Crippen LogP contribution < -0.4 is 10.5 Å². The third-order valence-electron chi connectivity index (χ3n) is 5.42. The molecule has 0 saturated carbocycles. The van der Waals surface area contributed by atoms with Crippen molar-refractivity contribution in [2.45, 2.75) is 19.8 Å². The summed E-state index contributed by atoms with van der Waals surface area (Å²) in [5.41, 5.74) is 10.1. The molecule has 6 nitrogen and oxygen atoms in total. The number of ether oxygens (including phenoxy) is 2. The number of methoxy groups -OCH3 is 1. The second-order valence-electron chi connectivity index (χ2n) is 7.83. The van der Waals surface area contributed by atoms with Crippen LogP contribution in [0.2, 0.25) is 0 Å². The summed E-state index contributed by atoms with van der Waals surface area (Å²) in [7, 11) is 1.64. The Balaban J connectivity index is 1.87. The fourth-order valence-corrected chi connectivity index (χ4v) is 4.08. The number of amides is 1. The average molecular weight is 416 g/mol. The highest BCUT2D eigenvalue weighted by atomic mass is 16.5. The second-order valence-corrected chi connectivity index (χ2v) is 7.83. The molecule has 2 N–H and O–H groups in total. The average Bonchev–Trinajstić information content (AvgIpc) is 2.76. The van der Waals surface area contributed by atoms with Gasteiger partial charge >= 0.3 is 5.97 Å². The van der Waals surface area contributed by atoms with Gasteiger partial charge in [0.25, 0.3) is 5.91 Å². The van der Waals surface area contributed by atoms with E-state index in [0.717, 1.165) is 34.6 Å². The van der Waals surface area contributed by atoms with Gasteiger partial charge in [0.15, 0.2) is 6.61 Å². The van der Waals surface area contributed by atoms with Crippen LogP contribution in [0, 0.1) is 5.92 Å². The lowest BCUT2D eigenvalue weighted by Crippen LogP contribution is -2.23. The molecule has 31 heavy (non-hydrogen) atoms. The van der Waals surface area contributed by atoms with Crippen molar-refractivity contribution < 1.29 is 19.1 Å². The van der Waals surface area contributed by atoms with Crippen LogP contribution >= 0.6 is 0 Å². The summed E-state index contributed by atoms with van der Waals surface area (Å²) in [6, 6.07) is 15.3. The number of aromatic nitrogens is 1. The number of fused-ring (bicyclic) bond motifs is 2. The highest BCUT2D eigenvalue weighted by molar-refractivity contribution is 6.07. The van der Waals surface area contributed by atoms with E-state index in [1.54, 1.807) is 7.11 Å². The Morgan fingerprint density at radius 3 is 2.58 bits per heavy atom. The Bertz CT molecular complexity index is 1180. The molecule has 2 aromatic carbocycles. The zero-order valence-corrected chi connectivity index (χ0v) is 17.6. The molecule has 1 aromatic heterocycles. The van der Waals surface area contributed by atoms with E-state index in [-0.39, 0.29) is 0 Å². The summed E-state index contributed by atoms with van der Waals surface area (Å²) in [5.74, 6) is -0.119. The standard InChI is InChI=1S/C25H24N2O4/c1-15-11-17(13-16-7-9-18(30-2)10-8-16)24-20(12-15)23(25(29)31-14-22(26)28)19-5-3-4-6-21(19)27-24/h3-10,13,15H,11-12,14H2,1-2H3,(H2,26,28)/b17-13-. The van der Waals surface area contributed by atoms with E-state index in [4.69, 9.17) is 20.2 Å². The minimum absolute atomic E-state index is 0.322. The van der Waals surface area contributed by atoms with E-state index in [2.05, 4.69) is 13.0 Å². The molecule has 1 heterocycles. The molecular weight excluding hydrogens is 392 g/mol. The third kappa shape index (κ3) is 4.28. The summed E-state index contributed by atoms with van der Waals surface area (Å²) in [4.78, 5) is 29.0. The van der Waals surface area contributed by atoms with Gasteiger partial charge in [0.2, 0.25) is 0 Å². The number of carbonyl (C=O) groups is 2. The van der Waals surface area contributed by atoms with E-state index < -0.39 is 18.5 Å². The Morgan fingerprint density at radius 1 is 1.13 bits per heavy atom. The summed E-state index contributed by atoms with van der Waals surface area (Å²) < 4.78 is 10.4. The van der Waals surface area contributed by atoms with Crippen molar-refractivity contribution in [2.75, 3.05) is 13.7 Å². The van der Waals surface area contributed by atoms with Gasteiger partial charge in [-0.25, -0.2) is 9.78 Å². The van der Waals surface area contributed by atoms with Crippen molar-refractivity contribution in [1.82, 2.24) is 4.98 Å². The molecule has 0 bridgehead atoms. The lowest BCUT2D eigenvalue weighted by atomic mass is 9.80. The number of nitrogens with zero attached hydrogens (tertiary/aromatic N) is 1. The highest BCUT2D eigenvalue weighted by Crippen LogP contribution is 2.38. The molecule has 6 heteroatoms. The van der Waals surface area contributed by atoms with E-state index >= 15 is 0 Å². The van der Waals surface area contributed by atoms with Crippen LogP contribution in [-0.4, -0.2) is 30.6 Å². The van der Waals surface area contributed by atoms with Crippen LogP contribution in [-0.2, 0) is 16.0 Å². The van der Waals surface area contributed by atoms with Crippen LogP contribution in [0.3, 0.4) is 0 Å². The number of carbonyl (C=O) groups excluding carboxylic acids is 2. The predicted molar refractivity (Wildman–Crippen MR) is 120 cm³/mol. The zero-order valence-electron chi connectivity index (χ0n) is 17.6. The van der Waals surface area contributed by atoms with Crippen LogP contribution in [0.25, 0.3) is 22.6 Å². The highest BCUT2D eigenvalue weighted by Gasteiger charge is 2.29. The van der Waals surface area contributed by atoms with E-state index in [1.165, 1.54) is 0 Å². The lowest BCUT2D eigenvalue weighted by molar-refractivity contribution is -0.121.